The van der Waals surface area contributed by atoms with Crippen molar-refractivity contribution in [3.05, 3.63) is 66.2 Å². The zero-order chi connectivity index (χ0) is 19.9. The van der Waals surface area contributed by atoms with Gasteiger partial charge in [0.25, 0.3) is 0 Å². The second kappa shape index (κ2) is 9.53. The van der Waals surface area contributed by atoms with E-state index in [0.29, 0.717) is 0 Å². The highest BCUT2D eigenvalue weighted by molar-refractivity contribution is 5.87. The van der Waals surface area contributed by atoms with E-state index in [2.05, 4.69) is 41.1 Å². The van der Waals surface area contributed by atoms with Gasteiger partial charge in [-0.1, -0.05) is 36.9 Å². The minimum Gasteiger partial charge on any atom is -0.496 e. The number of hydrogen-bond acceptors (Lipinski definition) is 4. The van der Waals surface area contributed by atoms with Crippen LogP contribution in [-0.4, -0.2) is 44.2 Å². The summed E-state index contributed by atoms with van der Waals surface area (Å²) >= 11 is 0. The average molecular weight is 380 g/mol. The summed E-state index contributed by atoms with van der Waals surface area (Å²) in [5.74, 6) is 0.681. The second-order valence-corrected chi connectivity index (χ2v) is 6.98. The maximum atomic E-state index is 11.5. The van der Waals surface area contributed by atoms with Crippen LogP contribution in [0.1, 0.15) is 24.1 Å². The first-order valence-corrected chi connectivity index (χ1v) is 9.61. The van der Waals surface area contributed by atoms with Gasteiger partial charge in [-0.2, -0.15) is 0 Å². The van der Waals surface area contributed by atoms with Crippen LogP contribution >= 0.6 is 0 Å². The van der Waals surface area contributed by atoms with Crippen LogP contribution in [0.2, 0.25) is 0 Å². The van der Waals surface area contributed by atoms with E-state index in [1.807, 2.05) is 25.1 Å². The largest absolute Gasteiger partial charge is 0.496 e. The minimum absolute atomic E-state index is 0.0749. The summed E-state index contributed by atoms with van der Waals surface area (Å²) in [5.41, 5.74) is 4.46. The Morgan fingerprint density at radius 3 is 2.61 bits per heavy atom. The summed E-state index contributed by atoms with van der Waals surface area (Å²) < 4.78 is 11.0. The van der Waals surface area contributed by atoms with E-state index in [4.69, 9.17) is 9.47 Å². The van der Waals surface area contributed by atoms with Crippen LogP contribution in [-0.2, 0) is 16.1 Å². The Bertz CT molecular complexity index is 811. The van der Waals surface area contributed by atoms with E-state index in [-0.39, 0.29) is 11.9 Å². The lowest BCUT2D eigenvalue weighted by Crippen LogP contribution is -2.35. The Balaban J connectivity index is 1.79. The molecule has 1 saturated heterocycles. The molecule has 0 aromatic heterocycles. The third-order valence-electron chi connectivity index (χ3n) is 5.04. The van der Waals surface area contributed by atoms with Gasteiger partial charge >= 0.3 is 0 Å². The first kappa shape index (κ1) is 20.1. The van der Waals surface area contributed by atoms with E-state index in [9.17, 15) is 4.79 Å². The highest BCUT2D eigenvalue weighted by Gasteiger charge is 2.14. The van der Waals surface area contributed by atoms with E-state index >= 15 is 0 Å². The third-order valence-corrected chi connectivity index (χ3v) is 5.04. The number of nitrogens with zero attached hydrogens (tertiary/aromatic N) is 1. The number of ether oxygens (including phenoxy) is 2. The smallest absolute Gasteiger partial charge is 0.243 e. The fourth-order valence-electron chi connectivity index (χ4n) is 3.40. The van der Waals surface area contributed by atoms with Gasteiger partial charge in [0.1, 0.15) is 5.75 Å². The Morgan fingerprint density at radius 2 is 1.96 bits per heavy atom. The molecule has 1 atom stereocenters. The van der Waals surface area contributed by atoms with Crippen molar-refractivity contribution in [1.29, 1.82) is 0 Å². The molecular weight excluding hydrogens is 352 g/mol. The normalized spacial score (nSPS) is 15.6. The SMILES string of the molecule is C=CC(=O)N[C@H](C)c1ccc(-c2cc(CN3CCOCC3)ccc2OC)cc1. The molecule has 0 spiro atoms. The van der Waals surface area contributed by atoms with E-state index in [1.165, 1.54) is 11.6 Å². The van der Waals surface area contributed by atoms with Crippen molar-refractivity contribution in [2.45, 2.75) is 19.5 Å². The predicted octanol–water partition coefficient (Wildman–Crippen LogP) is 3.56. The average Bonchev–Trinajstić information content (AvgIpc) is 2.74. The van der Waals surface area contributed by atoms with Gasteiger partial charge in [-0.15, -0.1) is 0 Å². The molecule has 1 amide bonds. The van der Waals surface area contributed by atoms with Crippen LogP contribution in [0.25, 0.3) is 11.1 Å². The van der Waals surface area contributed by atoms with Crippen molar-refractivity contribution >= 4 is 5.91 Å². The molecule has 1 aliphatic heterocycles. The number of nitrogens with one attached hydrogen (secondary N) is 1. The molecule has 28 heavy (non-hydrogen) atoms. The number of benzene rings is 2. The second-order valence-electron chi connectivity index (χ2n) is 6.98. The maximum Gasteiger partial charge on any atom is 0.243 e. The molecule has 0 saturated carbocycles. The number of carbonyl (C=O) groups excluding carboxylic acids is 1. The van der Waals surface area contributed by atoms with Gasteiger partial charge in [-0.3, -0.25) is 9.69 Å². The van der Waals surface area contributed by atoms with Crippen molar-refractivity contribution in [3.8, 4) is 16.9 Å². The molecule has 5 heteroatoms. The van der Waals surface area contributed by atoms with Crippen molar-refractivity contribution in [1.82, 2.24) is 10.2 Å². The first-order valence-electron chi connectivity index (χ1n) is 9.61. The zero-order valence-electron chi connectivity index (χ0n) is 16.6. The van der Waals surface area contributed by atoms with E-state index in [1.54, 1.807) is 7.11 Å². The van der Waals surface area contributed by atoms with Crippen LogP contribution in [0.5, 0.6) is 5.75 Å². The molecule has 5 nitrogen and oxygen atoms in total. The van der Waals surface area contributed by atoms with Gasteiger partial charge in [0.05, 0.1) is 26.4 Å². The lowest BCUT2D eigenvalue weighted by molar-refractivity contribution is -0.117. The number of methoxy groups -OCH3 is 1. The van der Waals surface area contributed by atoms with Crippen molar-refractivity contribution in [3.63, 3.8) is 0 Å². The Labute approximate surface area is 167 Å². The Morgan fingerprint density at radius 1 is 1.25 bits per heavy atom. The van der Waals surface area contributed by atoms with Crippen molar-refractivity contribution in [2.75, 3.05) is 33.4 Å². The standard InChI is InChI=1S/C23H28N2O3/c1-4-23(26)24-17(2)19-6-8-20(9-7-19)21-15-18(5-10-22(21)27-3)16-25-11-13-28-14-12-25/h4-10,15,17H,1,11-14,16H2,2-3H3,(H,24,26)/t17-/m1/s1. The Kier molecular flexibility index (Phi) is 6.85. The minimum atomic E-state index is -0.172. The molecule has 1 fully saturated rings. The monoisotopic (exact) mass is 380 g/mol. The molecule has 0 radical (unpaired) electrons. The number of amides is 1. The van der Waals surface area contributed by atoms with Gasteiger partial charge in [-0.05, 0) is 41.8 Å². The highest BCUT2D eigenvalue weighted by atomic mass is 16.5. The first-order chi connectivity index (χ1) is 13.6. The number of rotatable bonds is 7. The summed E-state index contributed by atoms with van der Waals surface area (Å²) in [5, 5.41) is 2.88. The van der Waals surface area contributed by atoms with Crippen molar-refractivity contribution in [2.24, 2.45) is 0 Å². The fraction of sp³-hybridized carbons (Fsp3) is 0.348. The molecule has 1 aliphatic rings. The lowest BCUT2D eigenvalue weighted by Gasteiger charge is -2.26. The summed E-state index contributed by atoms with van der Waals surface area (Å²) in [6, 6.07) is 14.5. The summed E-state index contributed by atoms with van der Waals surface area (Å²) in [6.45, 7) is 9.88. The van der Waals surface area contributed by atoms with Crippen LogP contribution in [0, 0.1) is 0 Å². The van der Waals surface area contributed by atoms with E-state index in [0.717, 1.165) is 55.3 Å². The molecule has 2 aromatic carbocycles. The van der Waals surface area contributed by atoms with Gasteiger partial charge in [-0.25, -0.2) is 0 Å². The molecule has 148 valence electrons. The van der Waals surface area contributed by atoms with Gasteiger partial charge in [0.2, 0.25) is 5.91 Å². The molecule has 0 aliphatic carbocycles. The molecule has 2 aromatic rings. The van der Waals surface area contributed by atoms with Crippen LogP contribution in [0.4, 0.5) is 0 Å². The van der Waals surface area contributed by atoms with Crippen LogP contribution in [0.3, 0.4) is 0 Å². The van der Waals surface area contributed by atoms with Gasteiger partial charge in [0.15, 0.2) is 0 Å². The van der Waals surface area contributed by atoms with Crippen molar-refractivity contribution < 1.29 is 14.3 Å². The van der Waals surface area contributed by atoms with Gasteiger partial charge in [0, 0.05) is 25.2 Å². The number of morpholine rings is 1. The summed E-state index contributed by atoms with van der Waals surface area (Å²) in [6.07, 6.45) is 1.29. The topological polar surface area (TPSA) is 50.8 Å². The maximum absolute atomic E-state index is 11.5. The summed E-state index contributed by atoms with van der Waals surface area (Å²) in [4.78, 5) is 13.9. The summed E-state index contributed by atoms with van der Waals surface area (Å²) in [7, 11) is 1.70. The molecule has 3 rings (SSSR count). The van der Waals surface area contributed by atoms with E-state index < -0.39 is 0 Å². The quantitative estimate of drug-likeness (QED) is 0.747. The molecular formula is C23H28N2O3. The third kappa shape index (κ3) is 5.00. The molecule has 1 N–H and O–H groups in total. The number of carbonyl (C=O) groups is 1. The lowest BCUT2D eigenvalue weighted by atomic mass is 9.98. The van der Waals surface area contributed by atoms with Crippen LogP contribution < -0.4 is 10.1 Å². The molecule has 0 bridgehead atoms. The number of hydrogen-bond donors (Lipinski definition) is 1. The Hall–Kier alpha value is -2.63. The van der Waals surface area contributed by atoms with Gasteiger partial charge < -0.3 is 14.8 Å². The zero-order valence-corrected chi connectivity index (χ0v) is 16.6. The fourth-order valence-corrected chi connectivity index (χ4v) is 3.40. The predicted molar refractivity (Wildman–Crippen MR) is 111 cm³/mol. The highest BCUT2D eigenvalue weighted by Crippen LogP contribution is 2.32. The molecule has 1 heterocycles. The van der Waals surface area contributed by atoms with Crippen LogP contribution in [0.15, 0.2) is 55.1 Å². The molecule has 0 unspecified atom stereocenters.